The number of aliphatic hydroxyl groups is 2. The Hall–Kier alpha value is -1.72. The van der Waals surface area contributed by atoms with Gasteiger partial charge < -0.3 is 15.5 Å². The van der Waals surface area contributed by atoms with E-state index in [0.29, 0.717) is 18.8 Å². The first-order chi connectivity index (χ1) is 13.6. The largest absolute Gasteiger partial charge is 0.390 e. The van der Waals surface area contributed by atoms with Crippen LogP contribution in [0.3, 0.4) is 0 Å². The average molecular weight is 402 g/mol. The van der Waals surface area contributed by atoms with Crippen molar-refractivity contribution >= 4 is 11.7 Å². The topological polar surface area (TPSA) is 86.6 Å². The lowest BCUT2D eigenvalue weighted by Gasteiger charge is -2.44. The molecule has 5 nitrogen and oxygen atoms in total. The first-order valence-electron chi connectivity index (χ1n) is 10.8. The lowest BCUT2D eigenvalue weighted by molar-refractivity contribution is -0.142. The summed E-state index contributed by atoms with van der Waals surface area (Å²) in [4.78, 5) is 27.1. The van der Waals surface area contributed by atoms with Crippen molar-refractivity contribution in [2.75, 3.05) is 0 Å². The third-order valence-electron chi connectivity index (χ3n) is 7.15. The van der Waals surface area contributed by atoms with Gasteiger partial charge in [-0.25, -0.2) is 0 Å². The van der Waals surface area contributed by atoms with E-state index in [9.17, 15) is 19.8 Å². The number of amides is 1. The number of carbonyl (C=O) groups excluding carboxylic acids is 2. The molecule has 0 aromatic carbocycles. The standard InChI is InChI=1S/C24H35NO4/c1-13(2)10-18-22-16(5)15(4)12-17-11-14(3)6-7-19(26)20(27)8-9-21(28)24(17,22)23(29)25-18/h8-9,11-13,16-20,22,26-27H,6-7,10H2,1-5H3,(H,25,29)/b9-8-,14-11+/t16-,17+,18+,19-,20+,22+,24-/m1/s1. The number of carbonyl (C=O) groups is 2. The number of hydrogen-bond acceptors (Lipinski definition) is 4. The fourth-order valence-corrected chi connectivity index (χ4v) is 5.53. The molecule has 3 aliphatic rings. The van der Waals surface area contributed by atoms with Crippen molar-refractivity contribution in [1.29, 1.82) is 0 Å². The number of nitrogens with one attached hydrogen (secondary N) is 1. The Morgan fingerprint density at radius 1 is 1.21 bits per heavy atom. The van der Waals surface area contributed by atoms with Crippen LogP contribution in [-0.2, 0) is 9.59 Å². The van der Waals surface area contributed by atoms with Gasteiger partial charge in [0, 0.05) is 17.9 Å². The summed E-state index contributed by atoms with van der Waals surface area (Å²) in [5.41, 5.74) is 1.02. The van der Waals surface area contributed by atoms with Crippen molar-refractivity contribution in [2.45, 2.75) is 72.1 Å². The van der Waals surface area contributed by atoms with E-state index in [4.69, 9.17) is 0 Å². The van der Waals surface area contributed by atoms with Gasteiger partial charge in [0.25, 0.3) is 0 Å². The summed E-state index contributed by atoms with van der Waals surface area (Å²) in [6.07, 6.45) is 6.60. The summed E-state index contributed by atoms with van der Waals surface area (Å²) >= 11 is 0. The van der Waals surface area contributed by atoms with Gasteiger partial charge in [-0.05, 0) is 51.0 Å². The van der Waals surface area contributed by atoms with Crippen LogP contribution in [0.15, 0.2) is 35.5 Å². The summed E-state index contributed by atoms with van der Waals surface area (Å²) < 4.78 is 0. The van der Waals surface area contributed by atoms with Crippen LogP contribution in [-0.4, -0.2) is 40.2 Å². The smallest absolute Gasteiger partial charge is 0.235 e. The van der Waals surface area contributed by atoms with E-state index >= 15 is 0 Å². The SMILES string of the molecule is CC1=C[C@@H]2/C=C(\C)CC[C@@H](O)[C@@H](O)/C=C\C(=O)[C@]23C(=O)N[C@@H](CC(C)C)[C@@H]3[C@@H]1C. The Bertz CT molecular complexity index is 765. The summed E-state index contributed by atoms with van der Waals surface area (Å²) in [7, 11) is 0. The predicted molar refractivity (Wildman–Crippen MR) is 113 cm³/mol. The first kappa shape index (κ1) is 22.0. The Balaban J connectivity index is 2.20. The second kappa shape index (κ2) is 8.19. The molecule has 5 heteroatoms. The van der Waals surface area contributed by atoms with Crippen molar-refractivity contribution in [1.82, 2.24) is 5.32 Å². The molecule has 160 valence electrons. The summed E-state index contributed by atoms with van der Waals surface area (Å²) in [6, 6.07) is -0.0599. The van der Waals surface area contributed by atoms with E-state index in [-0.39, 0.29) is 35.5 Å². The van der Waals surface area contributed by atoms with Gasteiger partial charge in [-0.2, -0.15) is 0 Å². The molecule has 1 spiro atoms. The maximum Gasteiger partial charge on any atom is 0.235 e. The molecule has 29 heavy (non-hydrogen) atoms. The van der Waals surface area contributed by atoms with Gasteiger partial charge in [0.1, 0.15) is 5.41 Å². The molecule has 3 rings (SSSR count). The number of aliphatic hydroxyl groups excluding tert-OH is 2. The van der Waals surface area contributed by atoms with Gasteiger partial charge in [-0.1, -0.05) is 50.1 Å². The molecule has 1 amide bonds. The lowest BCUT2D eigenvalue weighted by Crippen LogP contribution is -2.51. The molecule has 0 aromatic rings. The molecular formula is C24H35NO4. The summed E-state index contributed by atoms with van der Waals surface area (Å²) in [6.45, 7) is 10.4. The summed E-state index contributed by atoms with van der Waals surface area (Å²) in [5.74, 6) is -0.455. The number of hydrogen-bond donors (Lipinski definition) is 3. The van der Waals surface area contributed by atoms with E-state index in [1.165, 1.54) is 17.7 Å². The van der Waals surface area contributed by atoms with Gasteiger partial charge in [0.05, 0.1) is 12.2 Å². The minimum Gasteiger partial charge on any atom is -0.390 e. The number of rotatable bonds is 2. The second-order valence-electron chi connectivity index (χ2n) is 9.66. The Morgan fingerprint density at radius 3 is 2.55 bits per heavy atom. The van der Waals surface area contributed by atoms with Crippen molar-refractivity contribution in [3.63, 3.8) is 0 Å². The van der Waals surface area contributed by atoms with Crippen LogP contribution in [0.25, 0.3) is 0 Å². The van der Waals surface area contributed by atoms with Crippen molar-refractivity contribution < 1.29 is 19.8 Å². The normalized spacial score (nSPS) is 43.4. The highest BCUT2D eigenvalue weighted by atomic mass is 16.3. The number of allylic oxidation sites excluding steroid dienone is 5. The van der Waals surface area contributed by atoms with Crippen LogP contribution in [0.1, 0.15) is 53.9 Å². The Kier molecular flexibility index (Phi) is 6.21. The summed E-state index contributed by atoms with van der Waals surface area (Å²) in [5, 5.41) is 23.6. The molecule has 7 atom stereocenters. The zero-order chi connectivity index (χ0) is 21.5. The lowest BCUT2D eigenvalue weighted by atomic mass is 9.55. The fraction of sp³-hybridized carbons (Fsp3) is 0.667. The molecule has 2 aliphatic carbocycles. The van der Waals surface area contributed by atoms with Crippen LogP contribution in [0, 0.1) is 29.1 Å². The van der Waals surface area contributed by atoms with Crippen LogP contribution in [0.5, 0.6) is 0 Å². The second-order valence-corrected chi connectivity index (χ2v) is 9.66. The molecule has 0 bridgehead atoms. The molecule has 0 aromatic heterocycles. The minimum absolute atomic E-state index is 0.0599. The van der Waals surface area contributed by atoms with E-state index in [1.807, 2.05) is 13.0 Å². The predicted octanol–water partition coefficient (Wildman–Crippen LogP) is 2.93. The van der Waals surface area contributed by atoms with E-state index in [0.717, 1.165) is 12.0 Å². The number of ketones is 1. The average Bonchev–Trinajstić information content (AvgIpc) is 2.93. The van der Waals surface area contributed by atoms with E-state index < -0.39 is 17.6 Å². The molecular weight excluding hydrogens is 366 g/mol. The molecule has 1 fully saturated rings. The van der Waals surface area contributed by atoms with Gasteiger partial charge in [0.2, 0.25) is 5.91 Å². The Morgan fingerprint density at radius 2 is 1.90 bits per heavy atom. The molecule has 0 saturated carbocycles. The molecule has 1 heterocycles. The van der Waals surface area contributed by atoms with Gasteiger partial charge in [-0.3, -0.25) is 9.59 Å². The quantitative estimate of drug-likeness (QED) is 0.490. The zero-order valence-corrected chi connectivity index (χ0v) is 18.2. The highest BCUT2D eigenvalue weighted by Crippen LogP contribution is 2.55. The third kappa shape index (κ3) is 3.75. The van der Waals surface area contributed by atoms with Crippen molar-refractivity contribution in [2.24, 2.45) is 29.1 Å². The van der Waals surface area contributed by atoms with E-state index in [1.54, 1.807) is 0 Å². The highest BCUT2D eigenvalue weighted by molar-refractivity contribution is 6.13. The maximum atomic E-state index is 13.6. The van der Waals surface area contributed by atoms with Crippen LogP contribution in [0.4, 0.5) is 0 Å². The zero-order valence-electron chi connectivity index (χ0n) is 18.2. The molecule has 0 radical (unpaired) electrons. The fourth-order valence-electron chi connectivity index (χ4n) is 5.53. The van der Waals surface area contributed by atoms with Gasteiger partial charge in [0.15, 0.2) is 5.78 Å². The van der Waals surface area contributed by atoms with Crippen molar-refractivity contribution in [3.8, 4) is 0 Å². The van der Waals surface area contributed by atoms with Crippen LogP contribution < -0.4 is 5.32 Å². The molecule has 1 aliphatic heterocycles. The molecule has 0 unspecified atom stereocenters. The third-order valence-corrected chi connectivity index (χ3v) is 7.15. The maximum absolute atomic E-state index is 13.6. The van der Waals surface area contributed by atoms with Gasteiger partial charge in [-0.15, -0.1) is 0 Å². The van der Waals surface area contributed by atoms with Crippen molar-refractivity contribution in [3.05, 3.63) is 35.5 Å². The first-order valence-corrected chi connectivity index (χ1v) is 10.8. The highest BCUT2D eigenvalue weighted by Gasteiger charge is 2.64. The van der Waals surface area contributed by atoms with Crippen LogP contribution >= 0.6 is 0 Å². The molecule has 3 N–H and O–H groups in total. The monoisotopic (exact) mass is 401 g/mol. The van der Waals surface area contributed by atoms with Crippen LogP contribution in [0.2, 0.25) is 0 Å². The Labute approximate surface area is 174 Å². The molecule has 1 saturated heterocycles. The van der Waals surface area contributed by atoms with E-state index in [2.05, 4.69) is 39.1 Å². The minimum atomic E-state index is -1.20. The van der Waals surface area contributed by atoms with Gasteiger partial charge >= 0.3 is 0 Å².